The van der Waals surface area contributed by atoms with Crippen LogP contribution in [0.25, 0.3) is 0 Å². The van der Waals surface area contributed by atoms with E-state index in [9.17, 15) is 12.8 Å². The molecule has 1 atom stereocenters. The lowest BCUT2D eigenvalue weighted by Crippen LogP contribution is -2.68. The molecule has 1 aromatic heterocycles. The van der Waals surface area contributed by atoms with E-state index in [1.807, 2.05) is 0 Å². The summed E-state index contributed by atoms with van der Waals surface area (Å²) in [5, 5.41) is 0. The number of pyridine rings is 1. The molecule has 3 heterocycles. The molecular weight excluding hydrogens is 429 g/mol. The lowest BCUT2D eigenvalue weighted by atomic mass is 9.61. The van der Waals surface area contributed by atoms with E-state index in [4.69, 9.17) is 9.72 Å². The highest BCUT2D eigenvalue weighted by Gasteiger charge is 2.57. The molecule has 6 rings (SSSR count). The molecule has 2 aromatic rings. The number of hydrogen-bond donors (Lipinski definition) is 0. The highest BCUT2D eigenvalue weighted by Crippen LogP contribution is 2.52. The van der Waals surface area contributed by atoms with Crippen LogP contribution in [0.3, 0.4) is 0 Å². The quantitative estimate of drug-likeness (QED) is 0.703. The van der Waals surface area contributed by atoms with Crippen LogP contribution in [0.4, 0.5) is 4.39 Å². The van der Waals surface area contributed by atoms with Gasteiger partial charge in [0.25, 0.3) is 0 Å². The topological polar surface area (TPSA) is 62.7 Å². The van der Waals surface area contributed by atoms with Crippen LogP contribution < -0.4 is 4.74 Å². The second kappa shape index (κ2) is 7.23. The van der Waals surface area contributed by atoms with Crippen LogP contribution in [0, 0.1) is 11.2 Å². The summed E-state index contributed by atoms with van der Waals surface area (Å²) in [6.45, 7) is 4.57. The van der Waals surface area contributed by atoms with Gasteiger partial charge in [-0.25, -0.2) is 17.8 Å². The average Bonchev–Trinajstić information content (AvgIpc) is 3.55. The molecule has 6 nitrogen and oxygen atoms in total. The Morgan fingerprint density at radius 3 is 2.59 bits per heavy atom. The normalized spacial score (nSPS) is 26.0. The molecule has 8 heteroatoms. The zero-order valence-electron chi connectivity index (χ0n) is 18.2. The van der Waals surface area contributed by atoms with Crippen LogP contribution in [-0.4, -0.2) is 54.4 Å². The Labute approximate surface area is 188 Å². The molecule has 2 aliphatic heterocycles. The zero-order valence-corrected chi connectivity index (χ0v) is 19.0. The first-order chi connectivity index (χ1) is 15.3. The van der Waals surface area contributed by atoms with Crippen molar-refractivity contribution >= 4 is 10.0 Å². The van der Waals surface area contributed by atoms with E-state index in [1.165, 1.54) is 35.3 Å². The minimum absolute atomic E-state index is 0.0206. The zero-order chi connectivity index (χ0) is 22.1. The maximum Gasteiger partial charge on any atom is 0.246 e. The number of halogens is 1. The van der Waals surface area contributed by atoms with Crippen LogP contribution in [-0.2, 0) is 16.6 Å². The predicted octanol–water partition coefficient (Wildman–Crippen LogP) is 3.53. The number of nitrogens with zero attached hydrogens (tertiary/aromatic N) is 3. The van der Waals surface area contributed by atoms with Crippen molar-refractivity contribution in [3.63, 3.8) is 0 Å². The molecule has 4 aliphatic rings. The Balaban J connectivity index is 1.12. The molecule has 0 radical (unpaired) electrons. The molecule has 1 aromatic carbocycles. The fraction of sp³-hybridized carbons (Fsp3) is 0.542. The van der Waals surface area contributed by atoms with Crippen molar-refractivity contribution in [2.75, 3.05) is 19.7 Å². The Kier molecular flexibility index (Phi) is 4.65. The minimum atomic E-state index is -3.77. The molecule has 1 spiro atoms. The maximum absolute atomic E-state index is 14.0. The maximum atomic E-state index is 14.0. The van der Waals surface area contributed by atoms with Gasteiger partial charge in [0, 0.05) is 54.3 Å². The van der Waals surface area contributed by atoms with Crippen molar-refractivity contribution in [3.8, 4) is 5.88 Å². The molecule has 3 fully saturated rings. The van der Waals surface area contributed by atoms with Crippen molar-refractivity contribution in [2.45, 2.75) is 62.0 Å². The van der Waals surface area contributed by atoms with Gasteiger partial charge in [-0.05, 0) is 50.8 Å². The van der Waals surface area contributed by atoms with Crippen LogP contribution in [0.15, 0.2) is 41.3 Å². The summed E-state index contributed by atoms with van der Waals surface area (Å²) in [5.41, 5.74) is 2.31. The van der Waals surface area contributed by atoms with Crippen molar-refractivity contribution in [1.82, 2.24) is 14.2 Å². The van der Waals surface area contributed by atoms with E-state index < -0.39 is 15.8 Å². The molecule has 2 aliphatic carbocycles. The van der Waals surface area contributed by atoms with Crippen LogP contribution in [0.2, 0.25) is 0 Å². The average molecular weight is 458 g/mol. The highest BCUT2D eigenvalue weighted by molar-refractivity contribution is 7.89. The number of sulfonamides is 1. The summed E-state index contributed by atoms with van der Waals surface area (Å²) in [6, 6.07) is 10.6. The summed E-state index contributed by atoms with van der Waals surface area (Å²) in [7, 11) is -3.77. The van der Waals surface area contributed by atoms with E-state index in [2.05, 4.69) is 24.0 Å². The van der Waals surface area contributed by atoms with Gasteiger partial charge in [0.15, 0.2) is 0 Å². The summed E-state index contributed by atoms with van der Waals surface area (Å²) < 4.78 is 47.2. The third-order valence-electron chi connectivity index (χ3n) is 7.62. The monoisotopic (exact) mass is 457 g/mol. The Bertz CT molecular complexity index is 1150. The molecule has 0 amide bonds. The second-order valence-corrected chi connectivity index (χ2v) is 12.0. The molecule has 1 saturated heterocycles. The van der Waals surface area contributed by atoms with E-state index in [-0.39, 0.29) is 16.4 Å². The fourth-order valence-electron chi connectivity index (χ4n) is 5.57. The lowest BCUT2D eigenvalue weighted by Gasteiger charge is -2.60. The first-order valence-corrected chi connectivity index (χ1v) is 12.9. The Morgan fingerprint density at radius 2 is 1.88 bits per heavy atom. The minimum Gasteiger partial charge on any atom is -0.476 e. The number of fused-ring (bicyclic) bond motifs is 1. The largest absolute Gasteiger partial charge is 0.476 e. The van der Waals surface area contributed by atoms with Crippen molar-refractivity contribution in [2.24, 2.45) is 5.41 Å². The van der Waals surface area contributed by atoms with E-state index >= 15 is 0 Å². The van der Waals surface area contributed by atoms with E-state index in [0.717, 1.165) is 36.5 Å². The molecule has 170 valence electrons. The molecule has 0 N–H and O–H groups in total. The number of rotatable bonds is 4. The molecule has 0 bridgehead atoms. The van der Waals surface area contributed by atoms with Crippen LogP contribution in [0.5, 0.6) is 5.88 Å². The summed E-state index contributed by atoms with van der Waals surface area (Å²) in [5.74, 6) is 0.702. The third-order valence-corrected chi connectivity index (χ3v) is 9.45. The van der Waals surface area contributed by atoms with E-state index in [1.54, 1.807) is 6.07 Å². The Morgan fingerprint density at radius 1 is 1.12 bits per heavy atom. The van der Waals surface area contributed by atoms with Gasteiger partial charge >= 0.3 is 0 Å². The van der Waals surface area contributed by atoms with Gasteiger partial charge in [0.2, 0.25) is 15.9 Å². The van der Waals surface area contributed by atoms with Gasteiger partial charge < -0.3 is 4.74 Å². The third kappa shape index (κ3) is 3.35. The van der Waals surface area contributed by atoms with Gasteiger partial charge in [0.05, 0.1) is 0 Å². The number of benzene rings is 1. The summed E-state index contributed by atoms with van der Waals surface area (Å²) in [4.78, 5) is 7.05. The first kappa shape index (κ1) is 20.6. The van der Waals surface area contributed by atoms with Gasteiger partial charge in [-0.1, -0.05) is 18.2 Å². The smallest absolute Gasteiger partial charge is 0.246 e. The van der Waals surface area contributed by atoms with Crippen molar-refractivity contribution < 1.29 is 17.5 Å². The van der Waals surface area contributed by atoms with Gasteiger partial charge in [-0.15, -0.1) is 0 Å². The van der Waals surface area contributed by atoms with Crippen LogP contribution >= 0.6 is 0 Å². The second-order valence-electron chi connectivity index (χ2n) is 10.1. The molecule has 32 heavy (non-hydrogen) atoms. The predicted molar refractivity (Wildman–Crippen MR) is 117 cm³/mol. The van der Waals surface area contributed by atoms with Gasteiger partial charge in [0.1, 0.15) is 17.3 Å². The fourth-order valence-corrected chi connectivity index (χ4v) is 7.30. The number of aromatic nitrogens is 1. The number of ether oxygens (including phenoxy) is 1. The highest BCUT2D eigenvalue weighted by atomic mass is 32.2. The lowest BCUT2D eigenvalue weighted by molar-refractivity contribution is -0.0890. The van der Waals surface area contributed by atoms with E-state index in [0.29, 0.717) is 31.7 Å². The summed E-state index contributed by atoms with van der Waals surface area (Å²) >= 11 is 0. The molecular formula is C24H28FN3O3S. The SMILES string of the molecule is C[C@@H]1COc2nc(C3CC3)ccc2CN1C1CC2(C1)CN(S(=O)(=O)c1ccccc1F)C2. The Hall–Kier alpha value is -2.03. The van der Waals surface area contributed by atoms with Crippen molar-refractivity contribution in [3.05, 3.63) is 53.5 Å². The van der Waals surface area contributed by atoms with Gasteiger partial charge in [-0.3, -0.25) is 4.90 Å². The molecule has 2 saturated carbocycles. The summed E-state index contributed by atoms with van der Waals surface area (Å²) in [6.07, 6.45) is 4.37. The standard InChI is InChI=1S/C24H28FN3O3S/c1-16-13-31-23-18(8-9-21(26-23)17-6-7-17)12-28(16)19-10-24(11-19)14-27(15-24)32(29,30)22-5-3-2-4-20(22)25/h2-5,8-9,16-17,19H,6-7,10-15H2,1H3/t16-/m1/s1. The van der Waals surface area contributed by atoms with Crippen molar-refractivity contribution in [1.29, 1.82) is 0 Å². The molecule has 0 unspecified atom stereocenters. The first-order valence-electron chi connectivity index (χ1n) is 11.5. The van der Waals surface area contributed by atoms with Gasteiger partial charge in [-0.2, -0.15) is 4.31 Å². The van der Waals surface area contributed by atoms with Crippen LogP contribution in [0.1, 0.15) is 49.8 Å². The number of hydrogen-bond acceptors (Lipinski definition) is 5.